The Morgan fingerprint density at radius 1 is 1.44 bits per heavy atom. The average Bonchev–Trinajstić information content (AvgIpc) is 2.80. The van der Waals surface area contributed by atoms with Gasteiger partial charge in [-0.15, -0.1) is 0 Å². The van der Waals surface area contributed by atoms with Crippen molar-refractivity contribution in [3.8, 4) is 0 Å². The van der Waals surface area contributed by atoms with Crippen molar-refractivity contribution < 1.29 is 4.79 Å². The minimum Gasteiger partial charge on any atom is -0.333 e. The summed E-state index contributed by atoms with van der Waals surface area (Å²) < 4.78 is 2.22. The first kappa shape index (κ1) is 13.3. The zero-order valence-electron chi connectivity index (χ0n) is 11.4. The number of nitrogens with zero attached hydrogens (tertiary/aromatic N) is 3. The van der Waals surface area contributed by atoms with Crippen molar-refractivity contribution in [2.24, 2.45) is 5.92 Å². The predicted octanol–water partition coefficient (Wildman–Crippen LogP) is 2.09. The number of carbonyl (C=O) groups excluding carboxylic acids is 1. The minimum absolute atomic E-state index is 0.237. The van der Waals surface area contributed by atoms with Crippen LogP contribution in [0.15, 0.2) is 12.5 Å². The SMILES string of the molecule is CCCn1cncc1CN1CCC(=O)C(CC)C1. The summed E-state index contributed by atoms with van der Waals surface area (Å²) in [7, 11) is 0. The van der Waals surface area contributed by atoms with E-state index in [9.17, 15) is 4.79 Å². The Kier molecular flexibility index (Phi) is 4.53. The van der Waals surface area contributed by atoms with E-state index >= 15 is 0 Å². The summed E-state index contributed by atoms with van der Waals surface area (Å²) in [6.07, 6.45) is 6.65. The van der Waals surface area contributed by atoms with Crippen LogP contribution in [-0.2, 0) is 17.9 Å². The van der Waals surface area contributed by atoms with Gasteiger partial charge < -0.3 is 4.57 Å². The topological polar surface area (TPSA) is 38.1 Å². The van der Waals surface area contributed by atoms with Crippen LogP contribution >= 0.6 is 0 Å². The van der Waals surface area contributed by atoms with Crippen molar-refractivity contribution in [3.05, 3.63) is 18.2 Å². The van der Waals surface area contributed by atoms with Crippen LogP contribution < -0.4 is 0 Å². The van der Waals surface area contributed by atoms with Crippen molar-refractivity contribution >= 4 is 5.78 Å². The first-order valence-corrected chi connectivity index (χ1v) is 6.98. The number of aromatic nitrogens is 2. The predicted molar refractivity (Wildman–Crippen MR) is 71.2 cm³/mol. The van der Waals surface area contributed by atoms with E-state index in [2.05, 4.69) is 28.3 Å². The largest absolute Gasteiger partial charge is 0.333 e. The van der Waals surface area contributed by atoms with Crippen molar-refractivity contribution in [3.63, 3.8) is 0 Å². The van der Waals surface area contributed by atoms with Crippen LogP contribution in [0.4, 0.5) is 0 Å². The molecule has 1 saturated heterocycles. The summed E-state index contributed by atoms with van der Waals surface area (Å²) in [6.45, 7) is 8.03. The zero-order chi connectivity index (χ0) is 13.0. The van der Waals surface area contributed by atoms with E-state index in [1.165, 1.54) is 5.69 Å². The summed E-state index contributed by atoms with van der Waals surface area (Å²) in [6, 6.07) is 0. The minimum atomic E-state index is 0.237. The highest BCUT2D eigenvalue weighted by Gasteiger charge is 2.25. The quantitative estimate of drug-likeness (QED) is 0.802. The van der Waals surface area contributed by atoms with Crippen LogP contribution in [0.5, 0.6) is 0 Å². The van der Waals surface area contributed by atoms with Crippen LogP contribution in [0.2, 0.25) is 0 Å². The van der Waals surface area contributed by atoms with Gasteiger partial charge in [-0.1, -0.05) is 13.8 Å². The van der Waals surface area contributed by atoms with Gasteiger partial charge in [-0.05, 0) is 12.8 Å². The smallest absolute Gasteiger partial charge is 0.138 e. The molecule has 1 aromatic heterocycles. The number of hydrogen-bond acceptors (Lipinski definition) is 3. The van der Waals surface area contributed by atoms with Crippen LogP contribution in [0.1, 0.15) is 38.8 Å². The van der Waals surface area contributed by atoms with Gasteiger partial charge >= 0.3 is 0 Å². The molecule has 0 radical (unpaired) electrons. The van der Waals surface area contributed by atoms with Gasteiger partial charge in [0, 0.05) is 44.7 Å². The van der Waals surface area contributed by atoms with E-state index in [0.29, 0.717) is 12.2 Å². The molecule has 1 atom stereocenters. The molecule has 1 aromatic rings. The maximum atomic E-state index is 11.7. The first-order valence-electron chi connectivity index (χ1n) is 6.98. The van der Waals surface area contributed by atoms with Crippen molar-refractivity contribution in [2.75, 3.05) is 13.1 Å². The van der Waals surface area contributed by atoms with E-state index in [4.69, 9.17) is 0 Å². The summed E-state index contributed by atoms with van der Waals surface area (Å²) in [4.78, 5) is 18.3. The number of piperidine rings is 1. The normalized spacial score (nSPS) is 21.4. The molecule has 0 N–H and O–H groups in total. The summed E-state index contributed by atoms with van der Waals surface area (Å²) in [5.41, 5.74) is 1.26. The molecule has 2 heterocycles. The van der Waals surface area contributed by atoms with Crippen LogP contribution in [0, 0.1) is 5.92 Å². The number of rotatable bonds is 5. The fraction of sp³-hybridized carbons (Fsp3) is 0.714. The third-order valence-corrected chi connectivity index (χ3v) is 3.75. The third-order valence-electron chi connectivity index (χ3n) is 3.75. The lowest BCUT2D eigenvalue weighted by Crippen LogP contribution is -2.40. The summed E-state index contributed by atoms with van der Waals surface area (Å²) in [5, 5.41) is 0. The summed E-state index contributed by atoms with van der Waals surface area (Å²) >= 11 is 0. The highest BCUT2D eigenvalue weighted by Crippen LogP contribution is 2.18. The molecule has 2 rings (SSSR count). The molecule has 0 amide bonds. The molecule has 4 heteroatoms. The second-order valence-electron chi connectivity index (χ2n) is 5.13. The highest BCUT2D eigenvalue weighted by atomic mass is 16.1. The number of aryl methyl sites for hydroxylation is 1. The Bertz CT molecular complexity index is 399. The molecule has 0 bridgehead atoms. The highest BCUT2D eigenvalue weighted by molar-refractivity contribution is 5.82. The van der Waals surface area contributed by atoms with Crippen molar-refractivity contribution in [1.82, 2.24) is 14.5 Å². The molecule has 1 fully saturated rings. The number of hydrogen-bond donors (Lipinski definition) is 0. The summed E-state index contributed by atoms with van der Waals surface area (Å²) in [5.74, 6) is 0.678. The lowest BCUT2D eigenvalue weighted by molar-refractivity contribution is -0.126. The zero-order valence-corrected chi connectivity index (χ0v) is 11.4. The molecule has 100 valence electrons. The molecule has 0 spiro atoms. The van der Waals surface area contributed by atoms with Gasteiger partial charge in [0.1, 0.15) is 5.78 Å². The molecule has 4 nitrogen and oxygen atoms in total. The fourth-order valence-corrected chi connectivity index (χ4v) is 2.63. The number of carbonyl (C=O) groups is 1. The lowest BCUT2D eigenvalue weighted by Gasteiger charge is -2.31. The molecule has 0 aliphatic carbocycles. The molecule has 18 heavy (non-hydrogen) atoms. The molecular formula is C14H23N3O. The lowest BCUT2D eigenvalue weighted by atomic mass is 9.94. The van der Waals surface area contributed by atoms with Crippen LogP contribution in [0.25, 0.3) is 0 Å². The van der Waals surface area contributed by atoms with E-state index in [1.807, 2.05) is 12.5 Å². The molecule has 0 saturated carbocycles. The van der Waals surface area contributed by atoms with Gasteiger partial charge in [0.15, 0.2) is 0 Å². The van der Waals surface area contributed by atoms with Gasteiger partial charge in [-0.2, -0.15) is 0 Å². The van der Waals surface area contributed by atoms with E-state index in [0.717, 1.165) is 39.0 Å². The van der Waals surface area contributed by atoms with E-state index in [-0.39, 0.29) is 5.92 Å². The maximum absolute atomic E-state index is 11.7. The second-order valence-corrected chi connectivity index (χ2v) is 5.13. The number of Topliss-reactive ketones (excluding diaryl/α,β-unsaturated/α-hetero) is 1. The Balaban J connectivity index is 1.96. The number of ketones is 1. The van der Waals surface area contributed by atoms with E-state index < -0.39 is 0 Å². The molecule has 0 aromatic carbocycles. The van der Waals surface area contributed by atoms with Gasteiger partial charge in [0.05, 0.1) is 12.0 Å². The van der Waals surface area contributed by atoms with E-state index in [1.54, 1.807) is 0 Å². The Labute approximate surface area is 109 Å². The van der Waals surface area contributed by atoms with Gasteiger partial charge in [-0.25, -0.2) is 4.98 Å². The first-order chi connectivity index (χ1) is 8.74. The van der Waals surface area contributed by atoms with Crippen molar-refractivity contribution in [1.29, 1.82) is 0 Å². The Morgan fingerprint density at radius 2 is 2.28 bits per heavy atom. The third kappa shape index (κ3) is 2.99. The van der Waals surface area contributed by atoms with Crippen LogP contribution in [-0.4, -0.2) is 33.3 Å². The van der Waals surface area contributed by atoms with Gasteiger partial charge in [0.25, 0.3) is 0 Å². The average molecular weight is 249 g/mol. The van der Waals surface area contributed by atoms with Crippen LogP contribution in [0.3, 0.4) is 0 Å². The Morgan fingerprint density at radius 3 is 3.00 bits per heavy atom. The van der Waals surface area contributed by atoms with Crippen molar-refractivity contribution in [2.45, 2.75) is 46.2 Å². The number of likely N-dealkylation sites (tertiary alicyclic amines) is 1. The standard InChI is InChI=1S/C14H23N3O/c1-3-6-17-11-15-8-13(17)10-16-7-5-14(18)12(4-2)9-16/h8,11-12H,3-7,9-10H2,1-2H3. The molecule has 1 unspecified atom stereocenters. The molecule has 1 aliphatic rings. The fourth-order valence-electron chi connectivity index (χ4n) is 2.63. The molecular weight excluding hydrogens is 226 g/mol. The second kappa shape index (κ2) is 6.14. The Hall–Kier alpha value is -1.16. The van der Waals surface area contributed by atoms with Gasteiger partial charge in [0.2, 0.25) is 0 Å². The van der Waals surface area contributed by atoms with Gasteiger partial charge in [-0.3, -0.25) is 9.69 Å². The molecule has 1 aliphatic heterocycles. The maximum Gasteiger partial charge on any atom is 0.138 e. The number of imidazole rings is 1. The monoisotopic (exact) mass is 249 g/mol.